The molecule has 1 aromatic heterocycles. The monoisotopic (exact) mass is 297 g/mol. The Bertz CT molecular complexity index is 447. The molecule has 0 bridgehead atoms. The van der Waals surface area contributed by atoms with Crippen molar-refractivity contribution in [2.75, 3.05) is 19.6 Å². The zero-order valence-corrected chi connectivity index (χ0v) is 11.7. The van der Waals surface area contributed by atoms with Crippen LogP contribution in [-0.2, 0) is 13.6 Å². The third kappa shape index (κ3) is 2.51. The molecule has 0 spiro atoms. The summed E-state index contributed by atoms with van der Waals surface area (Å²) in [5.41, 5.74) is 2.12. The van der Waals surface area contributed by atoms with E-state index in [9.17, 15) is 0 Å². The van der Waals surface area contributed by atoms with Gasteiger partial charge in [-0.15, -0.1) is 0 Å². The summed E-state index contributed by atoms with van der Waals surface area (Å²) in [6, 6.07) is 2.29. The Morgan fingerprint density at radius 3 is 3.00 bits per heavy atom. The molecule has 0 saturated carbocycles. The molecule has 1 saturated heterocycles. The number of rotatable bonds is 2. The molecule has 1 fully saturated rings. The van der Waals surface area contributed by atoms with Crippen molar-refractivity contribution in [2.45, 2.75) is 19.5 Å². The highest BCUT2D eigenvalue weighted by molar-refractivity contribution is 9.10. The fourth-order valence-electron chi connectivity index (χ4n) is 2.11. The van der Waals surface area contributed by atoms with Crippen molar-refractivity contribution >= 4 is 15.9 Å². The lowest BCUT2D eigenvalue weighted by molar-refractivity contribution is 0.184. The molecule has 6 heteroatoms. The fourth-order valence-corrected chi connectivity index (χ4v) is 2.57. The van der Waals surface area contributed by atoms with E-state index in [1.165, 1.54) is 0 Å². The van der Waals surface area contributed by atoms with Gasteiger partial charge in [0.25, 0.3) is 0 Å². The molecular weight excluding hydrogens is 282 g/mol. The second kappa shape index (κ2) is 5.17. The van der Waals surface area contributed by atoms with Crippen molar-refractivity contribution in [1.29, 1.82) is 5.26 Å². The van der Waals surface area contributed by atoms with Gasteiger partial charge >= 0.3 is 0 Å². The highest BCUT2D eigenvalue weighted by Gasteiger charge is 2.24. The van der Waals surface area contributed by atoms with Crippen LogP contribution in [-0.4, -0.2) is 40.4 Å². The van der Waals surface area contributed by atoms with Gasteiger partial charge in [0.15, 0.2) is 0 Å². The summed E-state index contributed by atoms with van der Waals surface area (Å²) in [6.45, 7) is 5.32. The Morgan fingerprint density at radius 2 is 2.41 bits per heavy atom. The van der Waals surface area contributed by atoms with E-state index in [-0.39, 0.29) is 6.04 Å². The third-order valence-corrected chi connectivity index (χ3v) is 4.15. The summed E-state index contributed by atoms with van der Waals surface area (Å²) in [4.78, 5) is 2.19. The predicted octanol–water partition coefficient (Wildman–Crippen LogP) is 0.788. The molecule has 1 N–H and O–H groups in total. The van der Waals surface area contributed by atoms with Gasteiger partial charge in [0, 0.05) is 33.2 Å². The van der Waals surface area contributed by atoms with E-state index in [1.54, 1.807) is 0 Å². The maximum absolute atomic E-state index is 9.12. The molecule has 5 nitrogen and oxygen atoms in total. The first-order valence-corrected chi connectivity index (χ1v) is 6.45. The highest BCUT2D eigenvalue weighted by Crippen LogP contribution is 2.22. The Hall–Kier alpha value is -0.900. The van der Waals surface area contributed by atoms with E-state index in [4.69, 9.17) is 5.26 Å². The van der Waals surface area contributed by atoms with Crippen LogP contribution >= 0.6 is 15.9 Å². The zero-order chi connectivity index (χ0) is 12.4. The molecule has 1 atom stereocenters. The Labute approximate surface area is 110 Å². The van der Waals surface area contributed by atoms with Crippen molar-refractivity contribution < 1.29 is 0 Å². The second-order valence-corrected chi connectivity index (χ2v) is 5.08. The zero-order valence-electron chi connectivity index (χ0n) is 10.1. The molecule has 1 aliphatic heterocycles. The number of nitriles is 1. The van der Waals surface area contributed by atoms with Gasteiger partial charge in [0.2, 0.25) is 0 Å². The minimum atomic E-state index is -0.0501. The summed E-state index contributed by atoms with van der Waals surface area (Å²) < 4.78 is 2.94. The quantitative estimate of drug-likeness (QED) is 0.877. The van der Waals surface area contributed by atoms with Gasteiger partial charge in [-0.05, 0) is 22.9 Å². The van der Waals surface area contributed by atoms with Crippen LogP contribution in [0.25, 0.3) is 0 Å². The average molecular weight is 298 g/mol. The molecule has 0 amide bonds. The smallest absolute Gasteiger partial charge is 0.111 e. The first kappa shape index (κ1) is 12.6. The van der Waals surface area contributed by atoms with Crippen LogP contribution < -0.4 is 5.32 Å². The number of hydrogen-bond donors (Lipinski definition) is 1. The molecule has 2 rings (SSSR count). The van der Waals surface area contributed by atoms with Crippen molar-refractivity contribution in [1.82, 2.24) is 20.0 Å². The molecule has 1 unspecified atom stereocenters. The SMILES string of the molecule is Cc1nn(C)c(CN2CCNCC2C#N)c1Br. The summed E-state index contributed by atoms with van der Waals surface area (Å²) in [5.74, 6) is 0. The minimum Gasteiger partial charge on any atom is -0.313 e. The van der Waals surface area contributed by atoms with E-state index >= 15 is 0 Å². The lowest BCUT2D eigenvalue weighted by Crippen LogP contribution is -2.50. The van der Waals surface area contributed by atoms with Crippen LogP contribution in [0.4, 0.5) is 0 Å². The Balaban J connectivity index is 2.17. The van der Waals surface area contributed by atoms with E-state index in [1.807, 2.05) is 18.7 Å². The molecule has 92 valence electrons. The molecular formula is C11H16BrN5. The van der Waals surface area contributed by atoms with E-state index < -0.39 is 0 Å². The van der Waals surface area contributed by atoms with Crippen molar-refractivity contribution in [3.8, 4) is 6.07 Å². The number of hydrogen-bond acceptors (Lipinski definition) is 4. The van der Waals surface area contributed by atoms with Gasteiger partial charge in [0.1, 0.15) is 6.04 Å². The van der Waals surface area contributed by atoms with Crippen LogP contribution in [0, 0.1) is 18.3 Å². The number of nitrogens with zero attached hydrogens (tertiary/aromatic N) is 4. The number of halogens is 1. The first-order chi connectivity index (χ1) is 8.13. The molecule has 2 heterocycles. The summed E-state index contributed by atoms with van der Waals surface area (Å²) >= 11 is 3.56. The summed E-state index contributed by atoms with van der Waals surface area (Å²) in [7, 11) is 1.94. The average Bonchev–Trinajstić information content (AvgIpc) is 2.57. The predicted molar refractivity (Wildman–Crippen MR) is 68.3 cm³/mol. The molecule has 1 aliphatic rings. The second-order valence-electron chi connectivity index (χ2n) is 4.29. The van der Waals surface area contributed by atoms with Crippen LogP contribution in [0.3, 0.4) is 0 Å². The number of aromatic nitrogens is 2. The summed E-state index contributed by atoms with van der Waals surface area (Å²) in [5, 5.41) is 16.7. The third-order valence-electron chi connectivity index (χ3n) is 3.12. The van der Waals surface area contributed by atoms with Gasteiger partial charge in [0.05, 0.1) is 21.9 Å². The van der Waals surface area contributed by atoms with Gasteiger partial charge in [-0.3, -0.25) is 9.58 Å². The normalized spacial score (nSPS) is 21.4. The number of aryl methyl sites for hydroxylation is 2. The van der Waals surface area contributed by atoms with Gasteiger partial charge in [-0.1, -0.05) is 0 Å². The molecule has 17 heavy (non-hydrogen) atoms. The van der Waals surface area contributed by atoms with Gasteiger partial charge in [-0.25, -0.2) is 0 Å². The van der Waals surface area contributed by atoms with Crippen molar-refractivity contribution in [3.63, 3.8) is 0 Å². The van der Waals surface area contributed by atoms with Crippen molar-refractivity contribution in [3.05, 3.63) is 15.9 Å². The Kier molecular flexibility index (Phi) is 3.82. The minimum absolute atomic E-state index is 0.0501. The molecule has 1 aromatic rings. The van der Waals surface area contributed by atoms with E-state index in [0.717, 1.165) is 42.0 Å². The maximum Gasteiger partial charge on any atom is 0.111 e. The summed E-state index contributed by atoms with van der Waals surface area (Å²) in [6.07, 6.45) is 0. The van der Waals surface area contributed by atoms with Crippen LogP contribution in [0.15, 0.2) is 4.47 Å². The molecule has 0 radical (unpaired) electrons. The highest BCUT2D eigenvalue weighted by atomic mass is 79.9. The van der Waals surface area contributed by atoms with Crippen LogP contribution in [0.1, 0.15) is 11.4 Å². The standard InChI is InChI=1S/C11H16BrN5/c1-8-11(12)10(16(2)15-8)7-17-4-3-14-6-9(17)5-13/h9,14H,3-4,6-7H2,1-2H3. The number of nitrogens with one attached hydrogen (secondary N) is 1. The van der Waals surface area contributed by atoms with Gasteiger partial charge in [-0.2, -0.15) is 10.4 Å². The topological polar surface area (TPSA) is 56.9 Å². The van der Waals surface area contributed by atoms with E-state index in [2.05, 4.69) is 37.3 Å². The van der Waals surface area contributed by atoms with Crippen LogP contribution in [0.5, 0.6) is 0 Å². The first-order valence-electron chi connectivity index (χ1n) is 5.66. The number of piperazine rings is 1. The lowest BCUT2D eigenvalue weighted by Gasteiger charge is -2.31. The molecule has 0 aliphatic carbocycles. The van der Waals surface area contributed by atoms with Crippen LogP contribution in [0.2, 0.25) is 0 Å². The maximum atomic E-state index is 9.12. The fraction of sp³-hybridized carbons (Fsp3) is 0.636. The van der Waals surface area contributed by atoms with Crippen molar-refractivity contribution in [2.24, 2.45) is 7.05 Å². The van der Waals surface area contributed by atoms with Gasteiger partial charge < -0.3 is 5.32 Å². The van der Waals surface area contributed by atoms with E-state index in [0.29, 0.717) is 0 Å². The lowest BCUT2D eigenvalue weighted by atomic mass is 10.2. The molecule has 0 aromatic carbocycles. The largest absolute Gasteiger partial charge is 0.313 e. The Morgan fingerprint density at radius 1 is 1.65 bits per heavy atom.